The highest BCUT2D eigenvalue weighted by Gasteiger charge is 2.51. The van der Waals surface area contributed by atoms with Crippen molar-refractivity contribution in [3.63, 3.8) is 0 Å². The molecule has 6 rings (SSSR count). The van der Waals surface area contributed by atoms with Gasteiger partial charge in [-0.2, -0.15) is 0 Å². The summed E-state index contributed by atoms with van der Waals surface area (Å²) in [5.74, 6) is 0.186. The van der Waals surface area contributed by atoms with E-state index in [4.69, 9.17) is 15.2 Å². The first-order chi connectivity index (χ1) is 19.6. The third kappa shape index (κ3) is 6.02. The van der Waals surface area contributed by atoms with Crippen LogP contribution in [0.4, 0.5) is 0 Å². The van der Waals surface area contributed by atoms with E-state index in [0.717, 1.165) is 46.5 Å². The lowest BCUT2D eigenvalue weighted by atomic mass is 9.65. The van der Waals surface area contributed by atoms with E-state index in [1.807, 2.05) is 12.1 Å². The van der Waals surface area contributed by atoms with Gasteiger partial charge >= 0.3 is 0 Å². The third-order valence-corrected chi connectivity index (χ3v) is 9.74. The van der Waals surface area contributed by atoms with E-state index < -0.39 is 6.29 Å². The fourth-order valence-electron chi connectivity index (χ4n) is 8.06. The molecule has 41 heavy (non-hydrogen) atoms. The summed E-state index contributed by atoms with van der Waals surface area (Å²) in [5.41, 5.74) is 13.2. The van der Waals surface area contributed by atoms with Gasteiger partial charge in [-0.25, -0.2) is 0 Å². The quantitative estimate of drug-likeness (QED) is 0.329. The van der Waals surface area contributed by atoms with Crippen LogP contribution >= 0.6 is 0 Å². The van der Waals surface area contributed by atoms with Crippen LogP contribution in [0.3, 0.4) is 0 Å². The van der Waals surface area contributed by atoms with Gasteiger partial charge in [0.25, 0.3) is 0 Å². The molecule has 3 aliphatic rings. The van der Waals surface area contributed by atoms with Gasteiger partial charge in [0.05, 0.1) is 18.8 Å². The van der Waals surface area contributed by atoms with E-state index in [1.54, 1.807) is 0 Å². The van der Waals surface area contributed by atoms with Crippen LogP contribution in [0.1, 0.15) is 81.6 Å². The summed E-state index contributed by atoms with van der Waals surface area (Å²) in [5, 5.41) is 9.59. The molecule has 3 aromatic carbocycles. The van der Waals surface area contributed by atoms with Gasteiger partial charge in [0.1, 0.15) is 0 Å². The molecule has 0 amide bonds. The zero-order valence-corrected chi connectivity index (χ0v) is 25.1. The SMILES string of the molecule is C[C@H]1[C@@H](CN2CC3(C)CC2CC(C)(C)C3)O[C@@H](c2ccc(-c3cccc(CN)c3)cc2)O[C@H]1c1ccc(CO)cc1. The van der Waals surface area contributed by atoms with Crippen molar-refractivity contribution in [3.05, 3.63) is 95.1 Å². The van der Waals surface area contributed by atoms with Crippen LogP contribution in [0, 0.1) is 16.7 Å². The van der Waals surface area contributed by atoms with Gasteiger partial charge in [-0.05, 0) is 64.0 Å². The van der Waals surface area contributed by atoms with Crippen molar-refractivity contribution < 1.29 is 14.6 Å². The Kier molecular flexibility index (Phi) is 7.86. The van der Waals surface area contributed by atoms with Gasteiger partial charge < -0.3 is 20.3 Å². The molecule has 1 saturated carbocycles. The molecule has 2 aliphatic heterocycles. The van der Waals surface area contributed by atoms with E-state index in [2.05, 4.69) is 93.3 Å². The monoisotopic (exact) mass is 554 g/mol. The Hall–Kier alpha value is -2.54. The van der Waals surface area contributed by atoms with Crippen LogP contribution in [0.15, 0.2) is 72.8 Å². The van der Waals surface area contributed by atoms with Gasteiger partial charge in [0.2, 0.25) is 0 Å². The number of ether oxygens (including phenoxy) is 2. The number of fused-ring (bicyclic) bond motifs is 2. The number of rotatable bonds is 7. The molecule has 218 valence electrons. The maximum Gasteiger partial charge on any atom is 0.184 e. The second-order valence-electron chi connectivity index (χ2n) is 14.0. The zero-order valence-electron chi connectivity index (χ0n) is 25.1. The van der Waals surface area contributed by atoms with Gasteiger partial charge in [0, 0.05) is 37.2 Å². The van der Waals surface area contributed by atoms with Crippen molar-refractivity contribution in [2.24, 2.45) is 22.5 Å². The number of nitrogens with zero attached hydrogens (tertiary/aromatic N) is 1. The van der Waals surface area contributed by atoms with Crippen molar-refractivity contribution in [1.82, 2.24) is 4.90 Å². The highest BCUT2D eigenvalue weighted by molar-refractivity contribution is 5.64. The van der Waals surface area contributed by atoms with Crippen molar-refractivity contribution in [2.45, 2.75) is 84.6 Å². The molecule has 2 bridgehead atoms. The Morgan fingerprint density at radius 3 is 2.32 bits per heavy atom. The number of nitrogens with two attached hydrogens (primary N) is 1. The fourth-order valence-corrected chi connectivity index (χ4v) is 8.06. The molecule has 1 aliphatic carbocycles. The van der Waals surface area contributed by atoms with Crippen molar-refractivity contribution in [3.8, 4) is 11.1 Å². The number of aliphatic hydroxyl groups is 1. The van der Waals surface area contributed by atoms with E-state index in [0.29, 0.717) is 23.4 Å². The van der Waals surface area contributed by atoms with Crippen molar-refractivity contribution in [2.75, 3.05) is 13.1 Å². The minimum absolute atomic E-state index is 0.0434. The average Bonchev–Trinajstić information content (AvgIpc) is 3.21. The highest BCUT2D eigenvalue weighted by Crippen LogP contribution is 2.53. The molecule has 0 spiro atoms. The molecule has 2 unspecified atom stereocenters. The number of likely N-dealkylation sites (tertiary alicyclic amines) is 1. The maximum atomic E-state index is 9.59. The normalized spacial score (nSPS) is 31.3. The Balaban J connectivity index is 1.27. The molecule has 3 N–H and O–H groups in total. The summed E-state index contributed by atoms with van der Waals surface area (Å²) in [4.78, 5) is 2.72. The number of hydrogen-bond acceptors (Lipinski definition) is 5. The van der Waals surface area contributed by atoms with E-state index in [9.17, 15) is 5.11 Å². The molecule has 5 nitrogen and oxygen atoms in total. The van der Waals surface area contributed by atoms with Crippen LogP contribution in [0.2, 0.25) is 0 Å². The lowest BCUT2D eigenvalue weighted by Gasteiger charge is -2.43. The summed E-state index contributed by atoms with van der Waals surface area (Å²) in [6.45, 7) is 12.3. The summed E-state index contributed by atoms with van der Waals surface area (Å²) < 4.78 is 13.6. The van der Waals surface area contributed by atoms with Crippen molar-refractivity contribution >= 4 is 0 Å². The van der Waals surface area contributed by atoms with Gasteiger partial charge in [0.15, 0.2) is 6.29 Å². The summed E-state index contributed by atoms with van der Waals surface area (Å²) in [6.07, 6.45) is 3.33. The predicted molar refractivity (Wildman–Crippen MR) is 164 cm³/mol. The molecule has 3 fully saturated rings. The molecular weight excluding hydrogens is 508 g/mol. The van der Waals surface area contributed by atoms with Crippen LogP contribution in [0.25, 0.3) is 11.1 Å². The fraction of sp³-hybridized carbons (Fsp3) is 0.500. The van der Waals surface area contributed by atoms with E-state index >= 15 is 0 Å². The second-order valence-corrected chi connectivity index (χ2v) is 14.0. The summed E-state index contributed by atoms with van der Waals surface area (Å²) >= 11 is 0. The first kappa shape index (κ1) is 28.6. The van der Waals surface area contributed by atoms with E-state index in [1.165, 1.54) is 19.3 Å². The van der Waals surface area contributed by atoms with Gasteiger partial charge in [-0.1, -0.05) is 94.4 Å². The maximum absolute atomic E-state index is 9.59. The number of aliphatic hydroxyl groups excluding tert-OH is 1. The minimum atomic E-state index is -0.447. The van der Waals surface area contributed by atoms with Crippen LogP contribution < -0.4 is 5.73 Å². The van der Waals surface area contributed by atoms with Crippen LogP contribution in [0.5, 0.6) is 0 Å². The molecule has 0 aromatic heterocycles. The Morgan fingerprint density at radius 1 is 0.878 bits per heavy atom. The summed E-state index contributed by atoms with van der Waals surface area (Å²) in [6, 6.07) is 25.8. The third-order valence-electron chi connectivity index (χ3n) is 9.74. The van der Waals surface area contributed by atoms with Gasteiger partial charge in [-0.3, -0.25) is 4.90 Å². The first-order valence-electron chi connectivity index (χ1n) is 15.3. The average molecular weight is 555 g/mol. The smallest absolute Gasteiger partial charge is 0.184 e. The lowest BCUT2D eigenvalue weighted by molar-refractivity contribution is -0.276. The summed E-state index contributed by atoms with van der Waals surface area (Å²) in [7, 11) is 0. The van der Waals surface area contributed by atoms with E-state index in [-0.39, 0.29) is 24.7 Å². The van der Waals surface area contributed by atoms with Crippen molar-refractivity contribution in [1.29, 1.82) is 0 Å². The molecule has 3 aromatic rings. The van der Waals surface area contributed by atoms with Crippen LogP contribution in [-0.4, -0.2) is 35.2 Å². The minimum Gasteiger partial charge on any atom is -0.392 e. The lowest BCUT2D eigenvalue weighted by Crippen LogP contribution is -2.46. The second kappa shape index (κ2) is 11.3. The highest BCUT2D eigenvalue weighted by atomic mass is 16.7. The zero-order chi connectivity index (χ0) is 28.8. The largest absolute Gasteiger partial charge is 0.392 e. The van der Waals surface area contributed by atoms with Gasteiger partial charge in [-0.15, -0.1) is 0 Å². The Labute approximate surface area is 245 Å². The number of benzene rings is 3. The van der Waals surface area contributed by atoms with Crippen LogP contribution in [-0.2, 0) is 22.6 Å². The molecule has 6 atom stereocenters. The molecule has 2 saturated heterocycles. The topological polar surface area (TPSA) is 68.0 Å². The molecule has 5 heteroatoms. The predicted octanol–water partition coefficient (Wildman–Crippen LogP) is 7.00. The first-order valence-corrected chi connectivity index (χ1v) is 15.3. The number of hydrogen-bond donors (Lipinski definition) is 2. The Bertz CT molecular complexity index is 1340. The molecule has 0 radical (unpaired) electrons. The standard InChI is InChI=1S/C36H46N2O3/c1-24-32(20-38-23-36(4)18-31(38)17-35(2,3)22-36)40-34(41-33(24)28-10-8-25(21-39)9-11-28)29-14-12-27(13-15-29)30-7-5-6-26(16-30)19-37/h5-16,24,31-34,39H,17-23,37H2,1-4H3/t24-,31?,32+,33+,34+,36?/m0/s1. The Morgan fingerprint density at radius 2 is 1.61 bits per heavy atom. The molecule has 2 heterocycles. The molecular formula is C36H46N2O3.